The van der Waals surface area contributed by atoms with E-state index in [0.717, 1.165) is 5.69 Å². The fourth-order valence-corrected chi connectivity index (χ4v) is 1.59. The van der Waals surface area contributed by atoms with Gasteiger partial charge in [-0.3, -0.25) is 0 Å². The van der Waals surface area contributed by atoms with Crippen LogP contribution in [0.2, 0.25) is 0 Å². The summed E-state index contributed by atoms with van der Waals surface area (Å²) in [4.78, 5) is 0. The smallest absolute Gasteiger partial charge is 0.0912 e. The van der Waals surface area contributed by atoms with Gasteiger partial charge in [0.05, 0.1) is 6.07 Å². The van der Waals surface area contributed by atoms with E-state index in [0.29, 0.717) is 0 Å². The maximum atomic E-state index is 8.45. The van der Waals surface area contributed by atoms with Gasteiger partial charge in [-0.2, -0.15) is 5.26 Å². The molecule has 0 fully saturated rings. The lowest BCUT2D eigenvalue weighted by Crippen LogP contribution is -1.88. The van der Waals surface area contributed by atoms with Crippen LogP contribution in [0.15, 0.2) is 36.4 Å². The van der Waals surface area contributed by atoms with Gasteiger partial charge >= 0.3 is 0 Å². The third-order valence-electron chi connectivity index (χ3n) is 2.32. The molecule has 2 rings (SSSR count). The van der Waals surface area contributed by atoms with Crippen LogP contribution in [-0.2, 0) is 7.05 Å². The molecule has 68 valence electrons. The van der Waals surface area contributed by atoms with Gasteiger partial charge in [-0.15, -0.1) is 0 Å². The highest BCUT2D eigenvalue weighted by Gasteiger charge is 2.00. The second-order valence-electron chi connectivity index (χ2n) is 3.15. The molecule has 1 aromatic carbocycles. The zero-order valence-electron chi connectivity index (χ0n) is 7.94. The predicted molar refractivity (Wildman–Crippen MR) is 57.6 cm³/mol. The van der Waals surface area contributed by atoms with E-state index in [4.69, 9.17) is 5.26 Å². The number of aryl methyl sites for hydroxylation is 1. The summed E-state index contributed by atoms with van der Waals surface area (Å²) in [5.74, 6) is 0. The molecule has 14 heavy (non-hydrogen) atoms. The van der Waals surface area contributed by atoms with Gasteiger partial charge in [-0.25, -0.2) is 0 Å². The van der Waals surface area contributed by atoms with Crippen LogP contribution in [0.3, 0.4) is 0 Å². The first-order valence-electron chi connectivity index (χ1n) is 4.43. The Hall–Kier alpha value is -2.01. The SMILES string of the molecule is Cn1c(/C=C/C#N)cc2ccccc21. The van der Waals surface area contributed by atoms with Crippen LogP contribution >= 0.6 is 0 Å². The fraction of sp³-hybridized carbons (Fsp3) is 0.0833. The van der Waals surface area contributed by atoms with Crippen molar-refractivity contribution >= 4 is 17.0 Å². The number of benzene rings is 1. The molecule has 1 heterocycles. The normalized spacial score (nSPS) is 10.9. The zero-order valence-corrected chi connectivity index (χ0v) is 7.94. The van der Waals surface area contributed by atoms with Gasteiger partial charge in [-0.1, -0.05) is 18.2 Å². The van der Waals surface area contributed by atoms with E-state index in [1.165, 1.54) is 17.0 Å². The van der Waals surface area contributed by atoms with E-state index < -0.39 is 0 Å². The first-order chi connectivity index (χ1) is 6.83. The van der Waals surface area contributed by atoms with E-state index in [1.54, 1.807) is 0 Å². The summed E-state index contributed by atoms with van der Waals surface area (Å²) in [5, 5.41) is 9.65. The number of allylic oxidation sites excluding steroid dienone is 1. The lowest BCUT2D eigenvalue weighted by molar-refractivity contribution is 0.955. The zero-order chi connectivity index (χ0) is 9.97. The van der Waals surface area contributed by atoms with Gasteiger partial charge in [0.1, 0.15) is 0 Å². The summed E-state index contributed by atoms with van der Waals surface area (Å²) < 4.78 is 2.07. The molecule has 2 heteroatoms. The average molecular weight is 182 g/mol. The topological polar surface area (TPSA) is 28.7 Å². The maximum absolute atomic E-state index is 8.45. The highest BCUT2D eigenvalue weighted by Crippen LogP contribution is 2.18. The summed E-state index contributed by atoms with van der Waals surface area (Å²) in [5.41, 5.74) is 2.23. The first-order valence-corrected chi connectivity index (χ1v) is 4.43. The molecule has 0 amide bonds. The molecule has 0 aliphatic heterocycles. The second-order valence-corrected chi connectivity index (χ2v) is 3.15. The molecule has 0 aliphatic carbocycles. The molecule has 2 aromatic rings. The van der Waals surface area contributed by atoms with Gasteiger partial charge in [0.25, 0.3) is 0 Å². The minimum absolute atomic E-state index is 1.05. The number of fused-ring (bicyclic) bond motifs is 1. The van der Waals surface area contributed by atoms with Crippen molar-refractivity contribution in [3.63, 3.8) is 0 Å². The summed E-state index contributed by atoms with van der Waals surface area (Å²) in [6.07, 6.45) is 3.31. The molecule has 0 N–H and O–H groups in total. The van der Waals surface area contributed by atoms with E-state index in [9.17, 15) is 0 Å². The molecule has 2 nitrogen and oxygen atoms in total. The van der Waals surface area contributed by atoms with Gasteiger partial charge < -0.3 is 4.57 Å². The second kappa shape index (κ2) is 3.39. The molecule has 0 spiro atoms. The van der Waals surface area contributed by atoms with Crippen LogP contribution in [0.1, 0.15) is 5.69 Å². The van der Waals surface area contributed by atoms with Crippen LogP contribution < -0.4 is 0 Å². The van der Waals surface area contributed by atoms with Crippen molar-refractivity contribution in [1.29, 1.82) is 5.26 Å². The van der Waals surface area contributed by atoms with Gasteiger partial charge in [0.2, 0.25) is 0 Å². The fourth-order valence-electron chi connectivity index (χ4n) is 1.59. The van der Waals surface area contributed by atoms with Crippen molar-refractivity contribution in [3.8, 4) is 6.07 Å². The largest absolute Gasteiger partial charge is 0.344 e. The summed E-state index contributed by atoms with van der Waals surface area (Å²) in [6.45, 7) is 0. The van der Waals surface area contributed by atoms with E-state index in [2.05, 4.69) is 22.8 Å². The van der Waals surface area contributed by atoms with Crippen molar-refractivity contribution < 1.29 is 0 Å². The van der Waals surface area contributed by atoms with Crippen molar-refractivity contribution in [2.24, 2.45) is 7.05 Å². The quantitative estimate of drug-likeness (QED) is 0.623. The minimum Gasteiger partial charge on any atom is -0.344 e. The van der Waals surface area contributed by atoms with Gasteiger partial charge in [0.15, 0.2) is 0 Å². The summed E-state index contributed by atoms with van der Waals surface area (Å²) in [7, 11) is 2.00. The van der Waals surface area contributed by atoms with E-state index in [-0.39, 0.29) is 0 Å². The molecule has 0 saturated heterocycles. The maximum Gasteiger partial charge on any atom is 0.0912 e. The number of hydrogen-bond donors (Lipinski definition) is 0. The Bertz CT molecular complexity index is 527. The van der Waals surface area contributed by atoms with Crippen molar-refractivity contribution in [2.45, 2.75) is 0 Å². The molecule has 0 atom stereocenters. The molecule has 0 unspecified atom stereocenters. The van der Waals surface area contributed by atoms with Crippen LogP contribution in [0.5, 0.6) is 0 Å². The van der Waals surface area contributed by atoms with Crippen LogP contribution in [0.25, 0.3) is 17.0 Å². The highest BCUT2D eigenvalue weighted by molar-refractivity contribution is 5.83. The van der Waals surface area contributed by atoms with Crippen LogP contribution in [0, 0.1) is 11.3 Å². The van der Waals surface area contributed by atoms with Gasteiger partial charge in [-0.05, 0) is 18.2 Å². The Morgan fingerprint density at radius 2 is 2.14 bits per heavy atom. The number of hydrogen-bond acceptors (Lipinski definition) is 1. The molecule has 0 aliphatic rings. The van der Waals surface area contributed by atoms with Crippen molar-refractivity contribution in [1.82, 2.24) is 4.57 Å². The molecular formula is C12H10N2. The van der Waals surface area contributed by atoms with Gasteiger partial charge in [0, 0.05) is 29.7 Å². The number of rotatable bonds is 1. The third-order valence-corrected chi connectivity index (χ3v) is 2.32. The van der Waals surface area contributed by atoms with E-state index >= 15 is 0 Å². The monoisotopic (exact) mass is 182 g/mol. The number of aromatic nitrogens is 1. The number of nitriles is 1. The average Bonchev–Trinajstić information content (AvgIpc) is 2.54. The number of nitrogens with zero attached hydrogens (tertiary/aromatic N) is 2. The first kappa shape index (κ1) is 8.58. The number of para-hydroxylation sites is 1. The molecule has 1 aromatic heterocycles. The minimum atomic E-state index is 1.05. The van der Waals surface area contributed by atoms with Crippen molar-refractivity contribution in [3.05, 3.63) is 42.1 Å². The van der Waals surface area contributed by atoms with E-state index in [1.807, 2.05) is 31.3 Å². The third kappa shape index (κ3) is 1.29. The lowest BCUT2D eigenvalue weighted by atomic mass is 10.2. The standard InChI is InChI=1S/C12H10N2/c1-14-11(6-4-8-13)9-10-5-2-3-7-12(10)14/h2-7,9H,1H3/b6-4+. The van der Waals surface area contributed by atoms with Crippen molar-refractivity contribution in [2.75, 3.05) is 0 Å². The summed E-state index contributed by atoms with van der Waals surface area (Å²) in [6, 6.07) is 12.2. The van der Waals surface area contributed by atoms with Crippen LogP contribution in [0.4, 0.5) is 0 Å². The Labute approximate surface area is 82.7 Å². The highest BCUT2D eigenvalue weighted by atomic mass is 14.9. The summed E-state index contributed by atoms with van der Waals surface area (Å²) >= 11 is 0. The predicted octanol–water partition coefficient (Wildman–Crippen LogP) is 2.72. The Morgan fingerprint density at radius 3 is 2.86 bits per heavy atom. The Balaban J connectivity index is 2.64. The molecule has 0 radical (unpaired) electrons. The molecule has 0 saturated carbocycles. The Kier molecular flexibility index (Phi) is 2.08. The Morgan fingerprint density at radius 1 is 1.36 bits per heavy atom. The lowest BCUT2D eigenvalue weighted by Gasteiger charge is -1.97. The molecule has 0 bridgehead atoms. The van der Waals surface area contributed by atoms with Crippen LogP contribution in [-0.4, -0.2) is 4.57 Å². The molecular weight excluding hydrogens is 172 g/mol.